The first-order valence-corrected chi connectivity index (χ1v) is 13.3. The van der Waals surface area contributed by atoms with Gasteiger partial charge in [-0.1, -0.05) is 18.5 Å². The minimum atomic E-state index is -0.716. The molecule has 3 aromatic heterocycles. The summed E-state index contributed by atoms with van der Waals surface area (Å²) in [6.07, 6.45) is 4.03. The average Bonchev–Trinajstić information content (AvgIpc) is 3.13. The Hall–Kier alpha value is -2.68. The van der Waals surface area contributed by atoms with E-state index in [0.717, 1.165) is 31.6 Å². The molecule has 2 N–H and O–H groups in total. The first-order chi connectivity index (χ1) is 17.5. The van der Waals surface area contributed by atoms with Crippen molar-refractivity contribution in [3.8, 4) is 5.75 Å². The average molecular weight is 529 g/mol. The number of nitrogens with one attached hydrogen (secondary N) is 1. The fourth-order valence-electron chi connectivity index (χ4n) is 5.60. The third-order valence-electron chi connectivity index (χ3n) is 7.39. The van der Waals surface area contributed by atoms with Gasteiger partial charge in [0.25, 0.3) is 5.56 Å². The Morgan fingerprint density at radius 1 is 1.35 bits per heavy atom. The van der Waals surface area contributed by atoms with Crippen molar-refractivity contribution < 1.29 is 14.6 Å². The van der Waals surface area contributed by atoms with Gasteiger partial charge in [-0.2, -0.15) is 5.10 Å². The lowest BCUT2D eigenvalue weighted by molar-refractivity contribution is 0.0229. The van der Waals surface area contributed by atoms with Gasteiger partial charge in [-0.05, 0) is 77.2 Å². The molecule has 1 aliphatic heterocycles. The lowest BCUT2D eigenvalue weighted by Gasteiger charge is -2.37. The molecule has 1 saturated heterocycles. The summed E-state index contributed by atoms with van der Waals surface area (Å²) in [5, 5.41) is 15.2. The quantitative estimate of drug-likeness (QED) is 0.399. The third kappa shape index (κ3) is 5.92. The molecule has 0 radical (unpaired) electrons. The Bertz CT molecular complexity index is 1330. The molecular weight excluding hydrogens is 492 g/mol. The predicted octanol–water partition coefficient (Wildman–Crippen LogP) is 4.39. The van der Waals surface area contributed by atoms with Gasteiger partial charge in [0.2, 0.25) is 0 Å². The Morgan fingerprint density at radius 2 is 2.05 bits per heavy atom. The number of hydrogen-bond donors (Lipinski definition) is 2. The van der Waals surface area contributed by atoms with Crippen LogP contribution in [0.2, 0.25) is 5.02 Å². The van der Waals surface area contributed by atoms with E-state index >= 15 is 0 Å². The minimum absolute atomic E-state index is 0.0979. The molecule has 9 heteroatoms. The van der Waals surface area contributed by atoms with Crippen LogP contribution in [-0.2, 0) is 6.42 Å². The van der Waals surface area contributed by atoms with Crippen LogP contribution in [0.5, 0.6) is 5.75 Å². The number of methoxy groups -OCH3 is 1. The topological polar surface area (TPSA) is 99.9 Å². The molecule has 0 amide bonds. The zero-order valence-corrected chi connectivity index (χ0v) is 23.1. The molecule has 200 valence electrons. The number of β-amino-alcohol motifs (C(OH)–C–C–N with tert-alkyl or cyclic N) is 1. The number of fused-ring (bicyclic) bond motifs is 1. The number of H-pyrrole nitrogens is 1. The molecule has 1 atom stereocenters. The van der Waals surface area contributed by atoms with Crippen LogP contribution in [0.1, 0.15) is 73.3 Å². The van der Waals surface area contributed by atoms with Crippen molar-refractivity contribution in [2.75, 3.05) is 26.7 Å². The monoisotopic (exact) mass is 528 g/mol. The number of likely N-dealkylation sites (tertiary alicyclic amines) is 1. The standard InChI is InChI=1S/C28H37ClN4O4/c1-17-15-23(37-5)20(27(35)31-17)8-9-22(34)24-21-7-6-12-30-33(21)26(25(24)29)18(2)19-10-13-32(14-11-19)16-28(3,4)36/h6-7,12,15,18-19,36H,8-11,13-14,16H2,1-5H3,(H,31,35). The highest BCUT2D eigenvalue weighted by Gasteiger charge is 2.32. The van der Waals surface area contributed by atoms with Gasteiger partial charge < -0.3 is 19.7 Å². The van der Waals surface area contributed by atoms with Crippen molar-refractivity contribution in [3.05, 3.63) is 62.3 Å². The van der Waals surface area contributed by atoms with E-state index in [-0.39, 0.29) is 30.1 Å². The number of aryl methyl sites for hydroxylation is 1. The second-order valence-corrected chi connectivity index (χ2v) is 11.2. The largest absolute Gasteiger partial charge is 0.496 e. The van der Waals surface area contributed by atoms with Crippen molar-refractivity contribution in [2.24, 2.45) is 5.92 Å². The van der Waals surface area contributed by atoms with E-state index in [1.54, 1.807) is 25.3 Å². The molecule has 0 bridgehead atoms. The van der Waals surface area contributed by atoms with Crippen LogP contribution in [-0.4, -0.2) is 62.7 Å². The number of piperidine rings is 1. The smallest absolute Gasteiger partial charge is 0.255 e. The maximum Gasteiger partial charge on any atom is 0.255 e. The minimum Gasteiger partial charge on any atom is -0.496 e. The number of aliphatic hydroxyl groups is 1. The van der Waals surface area contributed by atoms with Gasteiger partial charge in [0, 0.05) is 30.8 Å². The van der Waals surface area contributed by atoms with E-state index in [1.807, 2.05) is 24.4 Å². The van der Waals surface area contributed by atoms with Crippen LogP contribution in [0.4, 0.5) is 0 Å². The molecule has 1 aliphatic rings. The van der Waals surface area contributed by atoms with Crippen molar-refractivity contribution in [3.63, 3.8) is 0 Å². The summed E-state index contributed by atoms with van der Waals surface area (Å²) >= 11 is 6.95. The maximum atomic E-state index is 13.5. The van der Waals surface area contributed by atoms with Crippen LogP contribution in [0.15, 0.2) is 29.2 Å². The number of carbonyl (C=O) groups is 1. The summed E-state index contributed by atoms with van der Waals surface area (Å²) in [6, 6.07) is 5.44. The van der Waals surface area contributed by atoms with Gasteiger partial charge in [0.15, 0.2) is 5.78 Å². The highest BCUT2D eigenvalue weighted by molar-refractivity contribution is 6.36. The molecule has 37 heavy (non-hydrogen) atoms. The van der Waals surface area contributed by atoms with Crippen LogP contribution in [0, 0.1) is 12.8 Å². The summed E-state index contributed by atoms with van der Waals surface area (Å²) in [4.78, 5) is 31.1. The molecule has 1 fully saturated rings. The van der Waals surface area contributed by atoms with Gasteiger partial charge in [-0.15, -0.1) is 0 Å². The number of nitrogens with zero attached hydrogens (tertiary/aromatic N) is 3. The lowest BCUT2D eigenvalue weighted by Crippen LogP contribution is -2.43. The number of aromatic nitrogens is 3. The number of aromatic amines is 1. The van der Waals surface area contributed by atoms with Gasteiger partial charge >= 0.3 is 0 Å². The lowest BCUT2D eigenvalue weighted by atomic mass is 9.83. The molecule has 3 aromatic rings. The number of ether oxygens (including phenoxy) is 1. The molecule has 0 saturated carbocycles. The molecule has 0 aliphatic carbocycles. The molecule has 0 spiro atoms. The maximum absolute atomic E-state index is 13.5. The molecular formula is C28H37ClN4O4. The normalized spacial score (nSPS) is 16.3. The van der Waals surface area contributed by atoms with E-state index < -0.39 is 5.60 Å². The first-order valence-electron chi connectivity index (χ1n) is 12.9. The van der Waals surface area contributed by atoms with Crippen molar-refractivity contribution in [2.45, 2.75) is 64.9 Å². The zero-order chi connectivity index (χ0) is 26.9. The number of ketones is 1. The summed E-state index contributed by atoms with van der Waals surface area (Å²) < 4.78 is 7.20. The molecule has 8 nitrogen and oxygen atoms in total. The number of rotatable bonds is 9. The number of carbonyl (C=O) groups excluding carboxylic acids is 1. The predicted molar refractivity (Wildman–Crippen MR) is 145 cm³/mol. The second-order valence-electron chi connectivity index (χ2n) is 10.9. The highest BCUT2D eigenvalue weighted by Crippen LogP contribution is 2.40. The SMILES string of the molecule is COc1cc(C)[nH]c(=O)c1CCC(=O)c1c(Cl)c(C(C)C2CCN(CC(C)(C)O)CC2)n2ncccc12. The van der Waals surface area contributed by atoms with E-state index in [0.29, 0.717) is 45.6 Å². The fraction of sp³-hybridized carbons (Fsp3) is 0.536. The van der Waals surface area contributed by atoms with Crippen molar-refractivity contribution in [1.82, 2.24) is 19.5 Å². The number of halogens is 1. The van der Waals surface area contributed by atoms with Crippen molar-refractivity contribution >= 4 is 22.9 Å². The van der Waals surface area contributed by atoms with Gasteiger partial charge in [-0.25, -0.2) is 4.52 Å². The Balaban J connectivity index is 1.58. The number of Topliss-reactive ketones (excluding diaryl/α,β-unsaturated/α-hetero) is 1. The fourth-order valence-corrected chi connectivity index (χ4v) is 6.05. The van der Waals surface area contributed by atoms with E-state index in [1.165, 1.54) is 7.11 Å². The number of hydrogen-bond acceptors (Lipinski definition) is 6. The summed E-state index contributed by atoms with van der Waals surface area (Å²) in [7, 11) is 1.52. The van der Waals surface area contributed by atoms with E-state index in [4.69, 9.17) is 16.3 Å². The molecule has 4 heterocycles. The summed E-state index contributed by atoms with van der Waals surface area (Å²) in [6.45, 7) is 10.1. The van der Waals surface area contributed by atoms with Crippen LogP contribution in [0.25, 0.3) is 5.52 Å². The van der Waals surface area contributed by atoms with Gasteiger partial charge in [0.05, 0.1) is 40.1 Å². The first kappa shape index (κ1) is 27.4. The molecule has 1 unspecified atom stereocenters. The van der Waals surface area contributed by atoms with E-state index in [2.05, 4.69) is 21.9 Å². The third-order valence-corrected chi connectivity index (χ3v) is 7.77. The molecule has 0 aromatic carbocycles. The van der Waals surface area contributed by atoms with E-state index in [9.17, 15) is 14.7 Å². The highest BCUT2D eigenvalue weighted by atomic mass is 35.5. The zero-order valence-electron chi connectivity index (χ0n) is 22.3. The summed E-state index contributed by atoms with van der Waals surface area (Å²) in [5.41, 5.74) is 2.19. The Kier molecular flexibility index (Phi) is 8.11. The van der Waals surface area contributed by atoms with Gasteiger partial charge in [0.1, 0.15) is 5.75 Å². The van der Waals surface area contributed by atoms with Crippen LogP contribution < -0.4 is 10.3 Å². The summed E-state index contributed by atoms with van der Waals surface area (Å²) in [5.74, 6) is 0.833. The second kappa shape index (κ2) is 11.0. The van der Waals surface area contributed by atoms with Gasteiger partial charge in [-0.3, -0.25) is 9.59 Å². The van der Waals surface area contributed by atoms with Crippen molar-refractivity contribution in [1.29, 1.82) is 0 Å². The van der Waals surface area contributed by atoms with Crippen LogP contribution >= 0.6 is 11.6 Å². The van der Waals surface area contributed by atoms with Crippen LogP contribution in [0.3, 0.4) is 0 Å². The molecule has 4 rings (SSSR count). The number of pyridine rings is 1. The Morgan fingerprint density at radius 3 is 2.70 bits per heavy atom. The Labute approximate surface area is 222 Å².